The summed E-state index contributed by atoms with van der Waals surface area (Å²) in [5, 5.41) is 12.0. The molecule has 0 unspecified atom stereocenters. The molecule has 16 heteroatoms. The average molecular weight is 714 g/mol. The highest BCUT2D eigenvalue weighted by Gasteiger charge is 2.57. The molecule has 0 bridgehead atoms. The molecule has 3 atom stereocenters. The Hall–Kier alpha value is -5.09. The van der Waals surface area contributed by atoms with Gasteiger partial charge in [-0.1, -0.05) is 35.2 Å². The molecule has 49 heavy (non-hydrogen) atoms. The molecule has 1 saturated heterocycles. The van der Waals surface area contributed by atoms with E-state index in [4.69, 9.17) is 9.47 Å². The summed E-state index contributed by atoms with van der Waals surface area (Å²) in [6.07, 6.45) is -4.72. The first kappa shape index (κ1) is 33.8. The molecule has 4 aromatic rings. The number of alkyl halides is 3. The predicted octanol–water partition coefficient (Wildman–Crippen LogP) is 5.25. The van der Waals surface area contributed by atoms with Crippen LogP contribution in [0.3, 0.4) is 0 Å². The summed E-state index contributed by atoms with van der Waals surface area (Å²) >= 11 is 1.66. The van der Waals surface area contributed by atoms with Gasteiger partial charge in [0.2, 0.25) is 17.7 Å². The summed E-state index contributed by atoms with van der Waals surface area (Å²) in [6, 6.07) is 14.1. The van der Waals surface area contributed by atoms with Crippen LogP contribution in [-0.2, 0) is 31.8 Å². The number of esters is 1. The van der Waals surface area contributed by atoms with Gasteiger partial charge in [-0.3, -0.25) is 23.7 Å². The Kier molecular flexibility index (Phi) is 9.02. The number of imide groups is 1. The smallest absolute Gasteiger partial charge is 0.416 e. The quantitative estimate of drug-likeness (QED) is 0.185. The number of phenols is 1. The number of hydrogen-bond acceptors (Lipinski definition) is 10. The van der Waals surface area contributed by atoms with Crippen LogP contribution < -0.4 is 19.8 Å². The van der Waals surface area contributed by atoms with Crippen LogP contribution in [0.1, 0.15) is 39.2 Å². The molecule has 3 aromatic carbocycles. The second kappa shape index (κ2) is 13.1. The SMILES string of the molecule is CCOC(=O)c1ccc(NC(=O)Cn2c3c(sc2=O)[C@@H](c2ccc(O)c(OC)c2)[C@H]2C(=O)N(c4cccc(C(F)(F)F)c4)C(=O)[C@H]2S3)cc1. The van der Waals surface area contributed by atoms with Crippen LogP contribution in [0.2, 0.25) is 0 Å². The average Bonchev–Trinajstić information content (AvgIpc) is 3.51. The third-order valence-electron chi connectivity index (χ3n) is 8.03. The summed E-state index contributed by atoms with van der Waals surface area (Å²) in [6.45, 7) is 1.40. The number of carbonyl (C=O) groups excluding carboxylic acids is 4. The molecule has 1 fully saturated rings. The van der Waals surface area contributed by atoms with E-state index in [2.05, 4.69) is 5.32 Å². The number of amides is 3. The van der Waals surface area contributed by atoms with E-state index < -0.39 is 63.9 Å². The molecular weight excluding hydrogens is 688 g/mol. The van der Waals surface area contributed by atoms with Crippen molar-refractivity contribution in [2.75, 3.05) is 23.9 Å². The largest absolute Gasteiger partial charge is 0.504 e. The number of thiazole rings is 1. The van der Waals surface area contributed by atoms with Crippen molar-refractivity contribution >= 4 is 58.2 Å². The zero-order valence-corrected chi connectivity index (χ0v) is 27.3. The topological polar surface area (TPSA) is 144 Å². The number of anilines is 2. The number of halogens is 3. The number of thioether (sulfide) groups is 1. The monoisotopic (exact) mass is 713 g/mol. The summed E-state index contributed by atoms with van der Waals surface area (Å²) in [7, 11) is 1.32. The molecule has 254 valence electrons. The minimum absolute atomic E-state index is 0.0560. The van der Waals surface area contributed by atoms with Crippen molar-refractivity contribution in [3.8, 4) is 11.5 Å². The Morgan fingerprint density at radius 3 is 2.41 bits per heavy atom. The van der Waals surface area contributed by atoms with Crippen molar-refractivity contribution in [3.63, 3.8) is 0 Å². The standard InChI is InChI=1S/C33H26F3N3O8S2/c1-3-47-31(44)16-7-10-19(11-8-16)37-23(41)15-38-30-27(49-32(38)45)24(17-9-12-21(40)22(13-17)46-2)25-26(48-30)29(43)39(28(25)42)20-6-4-5-18(14-20)33(34,35)36/h4-14,24-26,40H,3,15H2,1-2H3,(H,37,41)/t24-,25+,26-/m0/s1. The maximum Gasteiger partial charge on any atom is 0.416 e. The van der Waals surface area contributed by atoms with E-state index in [-0.39, 0.29) is 34.4 Å². The van der Waals surface area contributed by atoms with Crippen molar-refractivity contribution in [3.05, 3.63) is 98.0 Å². The highest BCUT2D eigenvalue weighted by atomic mass is 32.2. The fraction of sp³-hybridized carbons (Fsp3) is 0.242. The second-order valence-electron chi connectivity index (χ2n) is 11.0. The number of rotatable bonds is 8. The van der Waals surface area contributed by atoms with E-state index in [1.54, 1.807) is 6.92 Å². The molecule has 11 nitrogen and oxygen atoms in total. The molecule has 0 saturated carbocycles. The number of fused-ring (bicyclic) bond motifs is 2. The van der Waals surface area contributed by atoms with Crippen LogP contribution in [0.5, 0.6) is 11.5 Å². The minimum Gasteiger partial charge on any atom is -0.504 e. The highest BCUT2D eigenvalue weighted by Crippen LogP contribution is 2.54. The van der Waals surface area contributed by atoms with Crippen molar-refractivity contribution in [1.82, 2.24) is 4.57 Å². The van der Waals surface area contributed by atoms with Gasteiger partial charge in [0.15, 0.2) is 11.5 Å². The van der Waals surface area contributed by atoms with Crippen LogP contribution in [0.15, 0.2) is 76.6 Å². The van der Waals surface area contributed by atoms with E-state index in [1.165, 1.54) is 60.2 Å². The van der Waals surface area contributed by atoms with E-state index in [1.807, 2.05) is 0 Å². The lowest BCUT2D eigenvalue weighted by Gasteiger charge is -2.31. The van der Waals surface area contributed by atoms with Crippen LogP contribution >= 0.6 is 23.1 Å². The second-order valence-corrected chi connectivity index (χ2v) is 13.1. The number of nitrogens with one attached hydrogen (secondary N) is 1. The van der Waals surface area contributed by atoms with Gasteiger partial charge < -0.3 is 19.9 Å². The highest BCUT2D eigenvalue weighted by molar-refractivity contribution is 8.00. The summed E-state index contributed by atoms with van der Waals surface area (Å²) < 4.78 is 52.1. The van der Waals surface area contributed by atoms with Crippen molar-refractivity contribution in [2.45, 2.75) is 35.8 Å². The van der Waals surface area contributed by atoms with Gasteiger partial charge in [0.1, 0.15) is 11.8 Å². The Bertz CT molecular complexity index is 2040. The van der Waals surface area contributed by atoms with Gasteiger partial charge in [-0.2, -0.15) is 13.2 Å². The zero-order valence-electron chi connectivity index (χ0n) is 25.6. The molecule has 1 aromatic heterocycles. The lowest BCUT2D eigenvalue weighted by molar-refractivity contribution is -0.137. The maximum atomic E-state index is 14.1. The lowest BCUT2D eigenvalue weighted by Crippen LogP contribution is -2.33. The number of phenolic OH excluding ortho intramolecular Hbond substituents is 1. The molecular formula is C33H26F3N3O8S2. The fourth-order valence-electron chi connectivity index (χ4n) is 5.83. The lowest BCUT2D eigenvalue weighted by atomic mass is 9.83. The number of methoxy groups -OCH3 is 1. The van der Waals surface area contributed by atoms with Crippen LogP contribution in [-0.4, -0.2) is 52.3 Å². The predicted molar refractivity (Wildman–Crippen MR) is 173 cm³/mol. The number of carbonyl (C=O) groups is 4. The van der Waals surface area contributed by atoms with Crippen molar-refractivity contribution in [2.24, 2.45) is 5.92 Å². The van der Waals surface area contributed by atoms with Gasteiger partial charge in [0.25, 0.3) is 0 Å². The maximum absolute atomic E-state index is 14.1. The van der Waals surface area contributed by atoms with Gasteiger partial charge in [0, 0.05) is 16.5 Å². The Morgan fingerprint density at radius 2 is 1.73 bits per heavy atom. The zero-order chi connectivity index (χ0) is 35.2. The third kappa shape index (κ3) is 6.28. The summed E-state index contributed by atoms with van der Waals surface area (Å²) in [5.41, 5.74) is -0.276. The first-order valence-electron chi connectivity index (χ1n) is 14.7. The number of hydrogen-bond donors (Lipinski definition) is 2. The molecule has 3 heterocycles. The van der Waals surface area contributed by atoms with E-state index in [0.717, 1.165) is 46.2 Å². The Labute approximate surface area is 284 Å². The van der Waals surface area contributed by atoms with Crippen LogP contribution in [0.4, 0.5) is 24.5 Å². The molecule has 2 aliphatic rings. The first-order valence-corrected chi connectivity index (χ1v) is 16.4. The number of aromatic nitrogens is 1. The number of nitrogens with zero attached hydrogens (tertiary/aromatic N) is 2. The molecule has 6 rings (SSSR count). The van der Waals surface area contributed by atoms with E-state index in [0.29, 0.717) is 16.1 Å². The third-order valence-corrected chi connectivity index (χ3v) is 10.6. The van der Waals surface area contributed by atoms with Gasteiger partial charge >= 0.3 is 17.0 Å². The minimum atomic E-state index is -4.72. The molecule has 2 N–H and O–H groups in total. The van der Waals surface area contributed by atoms with Gasteiger partial charge in [0.05, 0.1) is 41.5 Å². The number of ether oxygens (including phenoxy) is 2. The molecule has 2 aliphatic heterocycles. The Balaban J connectivity index is 1.37. The summed E-state index contributed by atoms with van der Waals surface area (Å²) in [5.74, 6) is -4.92. The van der Waals surface area contributed by atoms with E-state index in [9.17, 15) is 42.3 Å². The first-order chi connectivity index (χ1) is 23.3. The molecule has 0 radical (unpaired) electrons. The number of aromatic hydroxyl groups is 1. The van der Waals surface area contributed by atoms with Crippen molar-refractivity contribution in [1.29, 1.82) is 0 Å². The normalized spacial score (nSPS) is 18.6. The van der Waals surface area contributed by atoms with Gasteiger partial charge in [-0.05, 0) is 67.1 Å². The Morgan fingerprint density at radius 1 is 1.00 bits per heavy atom. The van der Waals surface area contributed by atoms with Crippen LogP contribution in [0.25, 0.3) is 0 Å². The van der Waals surface area contributed by atoms with E-state index >= 15 is 0 Å². The van der Waals surface area contributed by atoms with Gasteiger partial charge in [-0.25, -0.2) is 9.69 Å². The number of benzene rings is 3. The molecule has 0 aliphatic carbocycles. The van der Waals surface area contributed by atoms with Crippen LogP contribution in [0, 0.1) is 5.92 Å². The van der Waals surface area contributed by atoms with Gasteiger partial charge in [-0.15, -0.1) is 0 Å². The summed E-state index contributed by atoms with van der Waals surface area (Å²) in [4.78, 5) is 67.1. The molecule has 3 amide bonds. The fourth-order valence-corrected chi connectivity index (χ4v) is 8.60. The van der Waals surface area contributed by atoms with Crippen molar-refractivity contribution < 1.29 is 46.9 Å². The molecule has 0 spiro atoms.